The zero-order valence-electron chi connectivity index (χ0n) is 14.2. The molecular formula is C18H19ClN2O5. The number of rotatable bonds is 8. The normalized spacial score (nSPS) is 12.4. The van der Waals surface area contributed by atoms with E-state index < -0.39 is 5.76 Å². The van der Waals surface area contributed by atoms with Crippen molar-refractivity contribution in [3.63, 3.8) is 0 Å². The lowest BCUT2D eigenvalue weighted by molar-refractivity contribution is -0.00330. The van der Waals surface area contributed by atoms with E-state index in [0.717, 1.165) is 5.69 Å². The third-order valence-corrected chi connectivity index (χ3v) is 4.19. The van der Waals surface area contributed by atoms with Crippen LogP contribution in [0, 0.1) is 0 Å². The number of hydrogen-bond acceptors (Lipinski definition) is 6. The van der Waals surface area contributed by atoms with Gasteiger partial charge in [0.05, 0.1) is 22.8 Å². The smallest absolute Gasteiger partial charge is 0.419 e. The average Bonchev–Trinajstić information content (AvgIpc) is 2.94. The Balaban J connectivity index is 1.83. The molecule has 0 aliphatic heterocycles. The number of nitrogens with zero attached hydrogens (tertiary/aromatic N) is 2. The molecule has 3 rings (SSSR count). The quantitative estimate of drug-likeness (QED) is 0.478. The maximum absolute atomic E-state index is 12.1. The summed E-state index contributed by atoms with van der Waals surface area (Å²) in [6, 6.07) is 8.83. The predicted molar refractivity (Wildman–Crippen MR) is 96.4 cm³/mol. The lowest BCUT2D eigenvalue weighted by Gasteiger charge is -2.15. The number of oxazole rings is 1. The molecule has 0 saturated heterocycles. The molecule has 0 saturated carbocycles. The van der Waals surface area contributed by atoms with Crippen LogP contribution >= 0.6 is 11.6 Å². The second-order valence-electron chi connectivity index (χ2n) is 5.68. The van der Waals surface area contributed by atoms with Gasteiger partial charge in [0.15, 0.2) is 5.58 Å². The van der Waals surface area contributed by atoms with Crippen molar-refractivity contribution in [2.45, 2.75) is 26.0 Å². The lowest BCUT2D eigenvalue weighted by atomic mass is 10.2. The molecule has 0 aliphatic rings. The van der Waals surface area contributed by atoms with E-state index in [2.05, 4.69) is 4.98 Å². The summed E-state index contributed by atoms with van der Waals surface area (Å²) in [6.45, 7) is 2.26. The van der Waals surface area contributed by atoms with Crippen molar-refractivity contribution in [3.8, 4) is 5.75 Å². The monoisotopic (exact) mass is 378 g/mol. The van der Waals surface area contributed by atoms with Gasteiger partial charge < -0.3 is 19.0 Å². The van der Waals surface area contributed by atoms with Gasteiger partial charge in [-0.05, 0) is 31.5 Å². The molecule has 8 heteroatoms. The van der Waals surface area contributed by atoms with Crippen molar-refractivity contribution in [3.05, 3.63) is 57.8 Å². The van der Waals surface area contributed by atoms with Crippen molar-refractivity contribution >= 4 is 22.7 Å². The molecule has 0 bridgehead atoms. The van der Waals surface area contributed by atoms with Gasteiger partial charge in [-0.25, -0.2) is 4.79 Å². The van der Waals surface area contributed by atoms with E-state index in [4.69, 9.17) is 30.6 Å². The molecule has 0 spiro atoms. The van der Waals surface area contributed by atoms with Crippen LogP contribution in [0.4, 0.5) is 0 Å². The highest BCUT2D eigenvalue weighted by Gasteiger charge is 2.16. The molecule has 2 aromatic heterocycles. The molecule has 138 valence electrons. The van der Waals surface area contributed by atoms with Gasteiger partial charge in [-0.1, -0.05) is 17.7 Å². The third-order valence-electron chi connectivity index (χ3n) is 3.89. The summed E-state index contributed by atoms with van der Waals surface area (Å²) < 4.78 is 17.5. The van der Waals surface area contributed by atoms with Gasteiger partial charge in [0.2, 0.25) is 0 Å². The Hall–Kier alpha value is -2.35. The van der Waals surface area contributed by atoms with E-state index >= 15 is 0 Å². The Labute approximate surface area is 154 Å². The topological polar surface area (TPSA) is 86.7 Å². The zero-order valence-corrected chi connectivity index (χ0v) is 15.0. The summed E-state index contributed by atoms with van der Waals surface area (Å²) in [6.07, 6.45) is 1.94. The molecule has 3 aromatic rings. The molecule has 1 N–H and O–H groups in total. The summed E-state index contributed by atoms with van der Waals surface area (Å²) in [7, 11) is 0. The van der Waals surface area contributed by atoms with E-state index in [9.17, 15) is 4.79 Å². The fourth-order valence-corrected chi connectivity index (χ4v) is 2.83. The summed E-state index contributed by atoms with van der Waals surface area (Å²) in [5.41, 5.74) is 1.75. The standard InChI is InChI=1S/C18H19ClN2O5/c1-12(14-5-2-3-6-20-14)25-16-10-17-15(9-13(16)19)21(18(23)26-17)7-4-8-24-11-22/h2-3,5-6,9-10,12,22H,4,7-8,11H2,1H3/t12-/m1/s1. The number of hydrogen-bond donors (Lipinski definition) is 1. The second-order valence-corrected chi connectivity index (χ2v) is 6.08. The van der Waals surface area contributed by atoms with Gasteiger partial charge in [0.1, 0.15) is 18.6 Å². The molecule has 0 aliphatic carbocycles. The molecule has 2 heterocycles. The van der Waals surface area contributed by atoms with E-state index in [-0.39, 0.29) is 12.9 Å². The van der Waals surface area contributed by atoms with Crippen molar-refractivity contribution in [2.75, 3.05) is 13.4 Å². The first-order chi connectivity index (χ1) is 12.6. The van der Waals surface area contributed by atoms with Crippen LogP contribution < -0.4 is 10.5 Å². The first kappa shape index (κ1) is 18.4. The number of aliphatic hydroxyl groups excluding tert-OH is 1. The molecular weight excluding hydrogens is 360 g/mol. The molecule has 1 aromatic carbocycles. The summed E-state index contributed by atoms with van der Waals surface area (Å²) in [5, 5.41) is 9.00. The van der Waals surface area contributed by atoms with Gasteiger partial charge in [-0.2, -0.15) is 0 Å². The highest BCUT2D eigenvalue weighted by molar-refractivity contribution is 6.32. The van der Waals surface area contributed by atoms with Crippen LogP contribution in [0.25, 0.3) is 11.1 Å². The number of halogens is 1. The lowest BCUT2D eigenvalue weighted by Crippen LogP contribution is -2.15. The summed E-state index contributed by atoms with van der Waals surface area (Å²) in [4.78, 5) is 16.3. The first-order valence-electron chi connectivity index (χ1n) is 8.19. The second kappa shape index (κ2) is 8.35. The summed E-state index contributed by atoms with van der Waals surface area (Å²) >= 11 is 6.34. The SMILES string of the molecule is C[C@@H](Oc1cc2oc(=O)n(CCCOCO)c2cc1Cl)c1ccccn1. The highest BCUT2D eigenvalue weighted by atomic mass is 35.5. The maximum Gasteiger partial charge on any atom is 0.419 e. The Bertz CT molecular complexity index is 922. The molecule has 0 unspecified atom stereocenters. The Morgan fingerprint density at radius 3 is 2.96 bits per heavy atom. The van der Waals surface area contributed by atoms with Crippen molar-refractivity contribution < 1.29 is 19.0 Å². The van der Waals surface area contributed by atoms with Gasteiger partial charge in [0.25, 0.3) is 0 Å². The van der Waals surface area contributed by atoms with Crippen LogP contribution in [0.2, 0.25) is 5.02 Å². The molecule has 26 heavy (non-hydrogen) atoms. The number of fused-ring (bicyclic) bond motifs is 1. The minimum absolute atomic E-state index is 0.310. The maximum atomic E-state index is 12.1. The van der Waals surface area contributed by atoms with Crippen LogP contribution in [0.15, 0.2) is 45.7 Å². The van der Waals surface area contributed by atoms with Gasteiger partial charge in [0, 0.05) is 18.8 Å². The fourth-order valence-electron chi connectivity index (χ4n) is 2.62. The minimum Gasteiger partial charge on any atom is -0.483 e. The molecule has 1 atom stereocenters. The van der Waals surface area contributed by atoms with Crippen LogP contribution in [0.1, 0.15) is 25.1 Å². The van der Waals surface area contributed by atoms with Crippen molar-refractivity contribution in [1.29, 1.82) is 0 Å². The van der Waals surface area contributed by atoms with E-state index in [1.165, 1.54) is 4.57 Å². The van der Waals surface area contributed by atoms with Gasteiger partial charge in [-0.3, -0.25) is 9.55 Å². The van der Waals surface area contributed by atoms with E-state index in [1.54, 1.807) is 18.3 Å². The molecule has 0 fully saturated rings. The van der Waals surface area contributed by atoms with E-state index in [0.29, 0.717) is 41.4 Å². The Kier molecular flexibility index (Phi) is 5.92. The zero-order chi connectivity index (χ0) is 18.5. The fraction of sp³-hybridized carbons (Fsp3) is 0.333. The average molecular weight is 379 g/mol. The van der Waals surface area contributed by atoms with Crippen LogP contribution in [0.3, 0.4) is 0 Å². The third kappa shape index (κ3) is 4.07. The minimum atomic E-state index is -0.477. The predicted octanol–water partition coefficient (Wildman–Crippen LogP) is 3.14. The first-order valence-corrected chi connectivity index (χ1v) is 8.57. The number of ether oxygens (including phenoxy) is 2. The Morgan fingerprint density at radius 1 is 1.38 bits per heavy atom. The molecule has 0 amide bonds. The van der Waals surface area contributed by atoms with Crippen LogP contribution in [0.5, 0.6) is 5.75 Å². The van der Waals surface area contributed by atoms with E-state index in [1.807, 2.05) is 25.1 Å². The largest absolute Gasteiger partial charge is 0.483 e. The number of aryl methyl sites for hydroxylation is 1. The van der Waals surface area contributed by atoms with Gasteiger partial charge >= 0.3 is 5.76 Å². The number of benzene rings is 1. The Morgan fingerprint density at radius 2 is 2.23 bits per heavy atom. The van der Waals surface area contributed by atoms with Gasteiger partial charge in [-0.15, -0.1) is 0 Å². The number of aliphatic hydroxyl groups is 1. The van der Waals surface area contributed by atoms with Crippen LogP contribution in [-0.4, -0.2) is 28.1 Å². The molecule has 0 radical (unpaired) electrons. The highest BCUT2D eigenvalue weighted by Crippen LogP contribution is 2.32. The van der Waals surface area contributed by atoms with Crippen molar-refractivity contribution in [1.82, 2.24) is 9.55 Å². The number of pyridine rings is 1. The van der Waals surface area contributed by atoms with Crippen LogP contribution in [-0.2, 0) is 11.3 Å². The summed E-state index contributed by atoms with van der Waals surface area (Å²) in [5.74, 6) is -0.0585. The van der Waals surface area contributed by atoms with Crippen molar-refractivity contribution in [2.24, 2.45) is 0 Å². The number of aromatic nitrogens is 2. The molecule has 7 nitrogen and oxygen atoms in total.